The lowest BCUT2D eigenvalue weighted by molar-refractivity contribution is 0.166. The monoisotopic (exact) mass is 371 g/mol. The average Bonchev–Trinajstić information content (AvgIpc) is 2.70. The third kappa shape index (κ3) is 5.23. The summed E-state index contributed by atoms with van der Waals surface area (Å²) in [7, 11) is 1.78. The summed E-state index contributed by atoms with van der Waals surface area (Å²) in [6, 6.07) is 8.43. The number of nitrogens with one attached hydrogen (secondary N) is 1. The number of carbonyl (C=O) groups is 1. The van der Waals surface area contributed by atoms with Crippen molar-refractivity contribution in [1.82, 2.24) is 25.1 Å². The number of hydrogen-bond donors (Lipinski definition) is 1. The van der Waals surface area contributed by atoms with Gasteiger partial charge in [-0.1, -0.05) is 12.1 Å². The van der Waals surface area contributed by atoms with E-state index in [-0.39, 0.29) is 23.9 Å². The van der Waals surface area contributed by atoms with E-state index >= 15 is 0 Å². The Morgan fingerprint density at radius 3 is 2.63 bits per heavy atom. The van der Waals surface area contributed by atoms with E-state index in [1.165, 1.54) is 18.5 Å². The molecule has 7 heteroatoms. The van der Waals surface area contributed by atoms with Crippen LogP contribution in [0, 0.1) is 5.82 Å². The summed E-state index contributed by atoms with van der Waals surface area (Å²) in [6.45, 7) is 4.58. The Balaban J connectivity index is 1.45. The molecule has 1 N–H and O–H groups in total. The van der Waals surface area contributed by atoms with Crippen LogP contribution < -0.4 is 5.32 Å². The van der Waals surface area contributed by atoms with Crippen LogP contribution in [-0.2, 0) is 6.54 Å². The van der Waals surface area contributed by atoms with Gasteiger partial charge in [-0.15, -0.1) is 0 Å². The predicted octanol–water partition coefficient (Wildman–Crippen LogP) is 2.98. The van der Waals surface area contributed by atoms with Crippen LogP contribution in [0.5, 0.6) is 0 Å². The molecule has 1 saturated heterocycles. The van der Waals surface area contributed by atoms with Gasteiger partial charge in [0.05, 0.1) is 11.7 Å². The molecule has 1 fully saturated rings. The summed E-state index contributed by atoms with van der Waals surface area (Å²) < 4.78 is 13.0. The summed E-state index contributed by atoms with van der Waals surface area (Å²) in [6.07, 6.45) is 4.99. The molecule has 2 heterocycles. The van der Waals surface area contributed by atoms with Gasteiger partial charge in [-0.05, 0) is 43.5 Å². The molecule has 0 saturated carbocycles. The second-order valence-corrected chi connectivity index (χ2v) is 7.05. The van der Waals surface area contributed by atoms with Crippen LogP contribution in [0.2, 0.25) is 0 Å². The van der Waals surface area contributed by atoms with E-state index in [1.54, 1.807) is 18.1 Å². The van der Waals surface area contributed by atoms with Crippen molar-refractivity contribution in [2.45, 2.75) is 38.4 Å². The summed E-state index contributed by atoms with van der Waals surface area (Å²) >= 11 is 0. The summed E-state index contributed by atoms with van der Waals surface area (Å²) in [5, 5.41) is 3.13. The largest absolute Gasteiger partial charge is 0.335 e. The van der Waals surface area contributed by atoms with Crippen LogP contribution in [0.1, 0.15) is 37.1 Å². The highest BCUT2D eigenvalue weighted by molar-refractivity contribution is 5.74. The van der Waals surface area contributed by atoms with Gasteiger partial charge in [0.15, 0.2) is 0 Å². The van der Waals surface area contributed by atoms with Gasteiger partial charge in [0.1, 0.15) is 12.1 Å². The highest BCUT2D eigenvalue weighted by Crippen LogP contribution is 2.18. The smallest absolute Gasteiger partial charge is 0.317 e. The van der Waals surface area contributed by atoms with E-state index in [0.29, 0.717) is 0 Å². The maximum absolute atomic E-state index is 13.0. The van der Waals surface area contributed by atoms with E-state index in [4.69, 9.17) is 0 Å². The number of hydrogen-bond acceptors (Lipinski definition) is 4. The lowest BCUT2D eigenvalue weighted by Crippen LogP contribution is -2.48. The fourth-order valence-corrected chi connectivity index (χ4v) is 3.28. The highest BCUT2D eigenvalue weighted by atomic mass is 19.1. The molecule has 27 heavy (non-hydrogen) atoms. The fourth-order valence-electron chi connectivity index (χ4n) is 3.28. The molecule has 0 radical (unpaired) electrons. The molecule has 1 aliphatic rings. The van der Waals surface area contributed by atoms with Crippen LogP contribution in [0.4, 0.5) is 9.18 Å². The molecule has 0 spiro atoms. The summed E-state index contributed by atoms with van der Waals surface area (Å²) in [4.78, 5) is 24.7. The van der Waals surface area contributed by atoms with Crippen molar-refractivity contribution >= 4 is 6.03 Å². The van der Waals surface area contributed by atoms with Gasteiger partial charge in [0.25, 0.3) is 0 Å². The molecule has 1 aliphatic heterocycles. The Hall–Kier alpha value is -2.54. The Bertz CT molecular complexity index is 732. The van der Waals surface area contributed by atoms with Crippen LogP contribution in [0.15, 0.2) is 42.9 Å². The van der Waals surface area contributed by atoms with E-state index in [1.807, 2.05) is 25.1 Å². The Morgan fingerprint density at radius 1 is 1.30 bits per heavy atom. The average molecular weight is 371 g/mol. The van der Waals surface area contributed by atoms with Crippen LogP contribution in [0.3, 0.4) is 0 Å². The molecule has 144 valence electrons. The maximum atomic E-state index is 13.0. The number of halogens is 1. The zero-order chi connectivity index (χ0) is 19.2. The molecule has 0 unspecified atom stereocenters. The van der Waals surface area contributed by atoms with Crippen LogP contribution in [0.25, 0.3) is 0 Å². The number of piperidine rings is 1. The molecular weight excluding hydrogens is 345 g/mol. The molecule has 2 aromatic rings. The first-order chi connectivity index (χ1) is 13.0. The molecular formula is C20H26FN5O. The second kappa shape index (κ2) is 8.90. The summed E-state index contributed by atoms with van der Waals surface area (Å²) in [5.74, 6) is -0.208. The van der Waals surface area contributed by atoms with Crippen molar-refractivity contribution in [3.05, 3.63) is 59.9 Å². The molecule has 2 amide bonds. The number of aromatic nitrogens is 2. The number of amides is 2. The first-order valence-corrected chi connectivity index (χ1v) is 9.29. The van der Waals surface area contributed by atoms with E-state index in [2.05, 4.69) is 20.2 Å². The molecule has 1 aromatic heterocycles. The Labute approximate surface area is 159 Å². The predicted molar refractivity (Wildman–Crippen MR) is 101 cm³/mol. The van der Waals surface area contributed by atoms with E-state index in [0.717, 1.165) is 43.7 Å². The SMILES string of the molecule is C[C@H](c1ccncn1)N(C)C(=O)NC1CCN(Cc2ccc(F)cc2)CC1. The Morgan fingerprint density at radius 2 is 2.00 bits per heavy atom. The number of nitrogens with zero attached hydrogens (tertiary/aromatic N) is 4. The number of benzene rings is 1. The minimum absolute atomic E-state index is 0.0851. The number of rotatable bonds is 5. The maximum Gasteiger partial charge on any atom is 0.317 e. The molecule has 0 aliphatic carbocycles. The van der Waals surface area contributed by atoms with Gasteiger partial charge in [-0.25, -0.2) is 19.2 Å². The fraction of sp³-hybridized carbons (Fsp3) is 0.450. The third-order valence-corrected chi connectivity index (χ3v) is 5.17. The van der Waals surface area contributed by atoms with Gasteiger partial charge in [-0.3, -0.25) is 4.90 Å². The quantitative estimate of drug-likeness (QED) is 0.878. The molecule has 0 bridgehead atoms. The number of carbonyl (C=O) groups excluding carboxylic acids is 1. The zero-order valence-electron chi connectivity index (χ0n) is 15.8. The third-order valence-electron chi connectivity index (χ3n) is 5.17. The lowest BCUT2D eigenvalue weighted by atomic mass is 10.0. The lowest BCUT2D eigenvalue weighted by Gasteiger charge is -2.34. The van der Waals surface area contributed by atoms with E-state index in [9.17, 15) is 9.18 Å². The van der Waals surface area contributed by atoms with Gasteiger partial charge in [0.2, 0.25) is 0 Å². The highest BCUT2D eigenvalue weighted by Gasteiger charge is 2.24. The topological polar surface area (TPSA) is 61.4 Å². The molecule has 1 atom stereocenters. The zero-order valence-corrected chi connectivity index (χ0v) is 15.8. The first-order valence-electron chi connectivity index (χ1n) is 9.29. The summed E-state index contributed by atoms with van der Waals surface area (Å²) in [5.41, 5.74) is 1.93. The normalized spacial score (nSPS) is 16.7. The Kier molecular flexibility index (Phi) is 6.34. The minimum Gasteiger partial charge on any atom is -0.335 e. The van der Waals surface area contributed by atoms with Crippen molar-refractivity contribution in [1.29, 1.82) is 0 Å². The van der Waals surface area contributed by atoms with E-state index < -0.39 is 0 Å². The van der Waals surface area contributed by atoms with Crippen LogP contribution >= 0.6 is 0 Å². The van der Waals surface area contributed by atoms with Gasteiger partial charge >= 0.3 is 6.03 Å². The van der Waals surface area contributed by atoms with Crippen molar-refractivity contribution in [2.24, 2.45) is 0 Å². The van der Waals surface area contributed by atoms with Crippen molar-refractivity contribution in [3.63, 3.8) is 0 Å². The molecule has 1 aromatic carbocycles. The first kappa shape index (κ1) is 19.2. The number of likely N-dealkylation sites (tertiary alicyclic amines) is 1. The minimum atomic E-state index is -0.208. The molecule has 6 nitrogen and oxygen atoms in total. The molecule has 3 rings (SSSR count). The van der Waals surface area contributed by atoms with Gasteiger partial charge < -0.3 is 10.2 Å². The van der Waals surface area contributed by atoms with Gasteiger partial charge in [-0.2, -0.15) is 0 Å². The van der Waals surface area contributed by atoms with Crippen molar-refractivity contribution in [3.8, 4) is 0 Å². The second-order valence-electron chi connectivity index (χ2n) is 7.05. The number of urea groups is 1. The van der Waals surface area contributed by atoms with Gasteiger partial charge in [0, 0.05) is 38.9 Å². The van der Waals surface area contributed by atoms with Crippen molar-refractivity contribution in [2.75, 3.05) is 20.1 Å². The van der Waals surface area contributed by atoms with Crippen LogP contribution in [-0.4, -0.2) is 52.0 Å². The van der Waals surface area contributed by atoms with Crippen molar-refractivity contribution < 1.29 is 9.18 Å². The standard InChI is InChI=1S/C20H26FN5O/c1-15(19-7-10-22-14-23-19)25(2)20(27)24-18-8-11-26(12-9-18)13-16-3-5-17(21)6-4-16/h3-7,10,14-15,18H,8-9,11-13H2,1-2H3,(H,24,27)/t15-/m1/s1.